The number of fused-ring (bicyclic) bond motifs is 1. The predicted octanol–water partition coefficient (Wildman–Crippen LogP) is 6.29. The number of aliphatic hydroxyl groups is 1. The third-order valence-electron chi connectivity index (χ3n) is 7.30. The Morgan fingerprint density at radius 3 is 2.51 bits per heavy atom. The molecule has 0 radical (unpaired) electrons. The van der Waals surface area contributed by atoms with Gasteiger partial charge in [0.15, 0.2) is 11.6 Å². The molecule has 2 heterocycles. The molecule has 1 fully saturated rings. The maximum absolute atomic E-state index is 15.6. The first-order valence-corrected chi connectivity index (χ1v) is 12.6. The molecular formula is C27H30ClF4N3O2. The summed E-state index contributed by atoms with van der Waals surface area (Å²) >= 11 is 6.35. The SMILES string of the molecule is COc1ccc2ncc(Cl)c(C(F)CCC3(CO)CCN(CCNc4c(F)cc(F)cc4F)CC3)c2c1. The molecule has 1 aliphatic rings. The molecule has 37 heavy (non-hydrogen) atoms. The summed E-state index contributed by atoms with van der Waals surface area (Å²) < 4.78 is 61.6. The maximum atomic E-state index is 15.6. The largest absolute Gasteiger partial charge is 0.497 e. The first-order valence-electron chi connectivity index (χ1n) is 12.2. The summed E-state index contributed by atoms with van der Waals surface area (Å²) in [5, 5.41) is 13.7. The van der Waals surface area contributed by atoms with Crippen LogP contribution in [0.15, 0.2) is 36.5 Å². The number of nitrogens with zero attached hydrogens (tertiary/aromatic N) is 2. The summed E-state index contributed by atoms with van der Waals surface area (Å²) in [4.78, 5) is 6.40. The Kier molecular flexibility index (Phi) is 8.77. The van der Waals surface area contributed by atoms with Gasteiger partial charge in [-0.15, -0.1) is 0 Å². The number of halogens is 5. The molecular weight excluding hydrogens is 510 g/mol. The average molecular weight is 540 g/mol. The number of hydrogen-bond donors (Lipinski definition) is 2. The number of likely N-dealkylation sites (tertiary alicyclic amines) is 1. The van der Waals surface area contributed by atoms with Crippen LogP contribution in [0.1, 0.15) is 37.4 Å². The fourth-order valence-electron chi connectivity index (χ4n) is 4.98. The van der Waals surface area contributed by atoms with Crippen molar-refractivity contribution in [3.8, 4) is 5.75 Å². The number of aromatic nitrogens is 1. The van der Waals surface area contributed by atoms with Gasteiger partial charge in [0.05, 0.1) is 17.6 Å². The van der Waals surface area contributed by atoms with Crippen molar-refractivity contribution in [2.24, 2.45) is 5.41 Å². The van der Waals surface area contributed by atoms with E-state index in [-0.39, 0.29) is 30.3 Å². The Morgan fingerprint density at radius 2 is 1.86 bits per heavy atom. The zero-order valence-electron chi connectivity index (χ0n) is 20.5. The Hall–Kier alpha value is -2.62. The van der Waals surface area contributed by atoms with Gasteiger partial charge in [0.2, 0.25) is 0 Å². The van der Waals surface area contributed by atoms with Gasteiger partial charge in [-0.2, -0.15) is 0 Å². The van der Waals surface area contributed by atoms with Crippen LogP contribution in [0, 0.1) is 22.9 Å². The minimum absolute atomic E-state index is 0.0591. The molecule has 2 N–H and O–H groups in total. The zero-order valence-corrected chi connectivity index (χ0v) is 21.3. The van der Waals surface area contributed by atoms with Gasteiger partial charge in [-0.1, -0.05) is 11.6 Å². The van der Waals surface area contributed by atoms with Crippen molar-refractivity contribution in [2.75, 3.05) is 45.2 Å². The monoisotopic (exact) mass is 539 g/mol. The lowest BCUT2D eigenvalue weighted by Gasteiger charge is -2.41. The smallest absolute Gasteiger partial charge is 0.152 e. The average Bonchev–Trinajstić information content (AvgIpc) is 2.89. The van der Waals surface area contributed by atoms with E-state index in [2.05, 4.69) is 15.2 Å². The summed E-state index contributed by atoms with van der Waals surface area (Å²) in [5.74, 6) is -2.33. The fourth-order valence-corrected chi connectivity index (χ4v) is 5.25. The molecule has 0 bridgehead atoms. The molecule has 1 aromatic heterocycles. The summed E-state index contributed by atoms with van der Waals surface area (Å²) in [6.07, 6.45) is 2.11. The van der Waals surface area contributed by atoms with E-state index < -0.39 is 29.0 Å². The molecule has 1 unspecified atom stereocenters. The van der Waals surface area contributed by atoms with Gasteiger partial charge in [0.1, 0.15) is 23.4 Å². The van der Waals surface area contributed by atoms with Gasteiger partial charge in [0, 0.05) is 49.0 Å². The second kappa shape index (κ2) is 11.8. The predicted molar refractivity (Wildman–Crippen MR) is 136 cm³/mol. The summed E-state index contributed by atoms with van der Waals surface area (Å²) in [7, 11) is 1.54. The second-order valence-electron chi connectivity index (χ2n) is 9.58. The number of piperidine rings is 1. The number of rotatable bonds is 10. The highest BCUT2D eigenvalue weighted by atomic mass is 35.5. The van der Waals surface area contributed by atoms with Gasteiger partial charge in [0.25, 0.3) is 0 Å². The number of pyridine rings is 1. The fraction of sp³-hybridized carbons (Fsp3) is 0.444. The van der Waals surface area contributed by atoms with Crippen molar-refractivity contribution >= 4 is 28.2 Å². The summed E-state index contributed by atoms with van der Waals surface area (Å²) in [6, 6.07) is 6.53. The van der Waals surface area contributed by atoms with Crippen molar-refractivity contribution in [3.63, 3.8) is 0 Å². The summed E-state index contributed by atoms with van der Waals surface area (Å²) in [6.45, 7) is 2.04. The quantitative estimate of drug-likeness (QED) is 0.296. The van der Waals surface area contributed by atoms with Crippen LogP contribution in [0.4, 0.5) is 23.2 Å². The van der Waals surface area contributed by atoms with E-state index in [0.717, 1.165) is 0 Å². The first-order chi connectivity index (χ1) is 17.7. The second-order valence-corrected chi connectivity index (χ2v) is 9.99. The molecule has 2 aromatic carbocycles. The Labute approximate surface area is 218 Å². The molecule has 1 saturated heterocycles. The topological polar surface area (TPSA) is 57.6 Å². The lowest BCUT2D eigenvalue weighted by atomic mass is 9.74. The molecule has 1 atom stereocenters. The van der Waals surface area contributed by atoms with Crippen molar-refractivity contribution in [1.82, 2.24) is 9.88 Å². The van der Waals surface area contributed by atoms with Crippen LogP contribution in [0.5, 0.6) is 5.75 Å². The molecule has 0 spiro atoms. The van der Waals surface area contributed by atoms with Crippen molar-refractivity contribution < 1.29 is 27.4 Å². The van der Waals surface area contributed by atoms with Crippen LogP contribution in [-0.2, 0) is 0 Å². The van der Waals surface area contributed by atoms with Gasteiger partial charge >= 0.3 is 0 Å². The molecule has 5 nitrogen and oxygen atoms in total. The normalized spacial score (nSPS) is 16.6. The molecule has 0 saturated carbocycles. The minimum atomic E-state index is -1.34. The number of alkyl halides is 1. The van der Waals surface area contributed by atoms with Crippen LogP contribution in [-0.4, -0.2) is 54.9 Å². The highest BCUT2D eigenvalue weighted by Crippen LogP contribution is 2.41. The number of anilines is 1. The number of ether oxygens (including phenoxy) is 1. The summed E-state index contributed by atoms with van der Waals surface area (Å²) in [5.41, 5.74) is 0.234. The standard InChI is InChI=1S/C27H30ClF4N3O2/c1-37-18-2-3-24-19(14-18)25(20(28)15-34-24)21(30)4-5-27(16-36)6-9-35(10-7-27)11-8-33-26-22(31)12-17(29)13-23(26)32/h2-3,12-15,21,33,36H,4-11,16H2,1H3. The highest BCUT2D eigenvalue weighted by molar-refractivity contribution is 6.32. The van der Waals surface area contributed by atoms with Crippen LogP contribution in [0.25, 0.3) is 10.9 Å². The van der Waals surface area contributed by atoms with Crippen molar-refractivity contribution in [2.45, 2.75) is 31.9 Å². The van der Waals surface area contributed by atoms with E-state index in [0.29, 0.717) is 73.2 Å². The highest BCUT2D eigenvalue weighted by Gasteiger charge is 2.35. The van der Waals surface area contributed by atoms with E-state index in [4.69, 9.17) is 16.3 Å². The van der Waals surface area contributed by atoms with Crippen LogP contribution in [0.2, 0.25) is 5.02 Å². The number of nitrogens with one attached hydrogen (secondary N) is 1. The number of benzene rings is 2. The van der Waals surface area contributed by atoms with Gasteiger partial charge < -0.3 is 20.1 Å². The Morgan fingerprint density at radius 1 is 1.16 bits per heavy atom. The van der Waals surface area contributed by atoms with Crippen molar-refractivity contribution in [3.05, 3.63) is 64.6 Å². The molecule has 0 aliphatic carbocycles. The van der Waals surface area contributed by atoms with Gasteiger partial charge in [-0.05, 0) is 62.4 Å². The maximum Gasteiger partial charge on any atom is 0.152 e. The minimum Gasteiger partial charge on any atom is -0.497 e. The van der Waals surface area contributed by atoms with E-state index >= 15 is 4.39 Å². The molecule has 200 valence electrons. The first kappa shape index (κ1) is 27.4. The third kappa shape index (κ3) is 6.27. The van der Waals surface area contributed by atoms with E-state index in [1.807, 2.05) is 0 Å². The molecule has 3 aromatic rings. The zero-order chi connectivity index (χ0) is 26.6. The Bertz CT molecular complexity index is 1210. The van der Waals surface area contributed by atoms with Gasteiger partial charge in [-0.3, -0.25) is 4.98 Å². The number of methoxy groups -OCH3 is 1. The lowest BCUT2D eigenvalue weighted by Crippen LogP contribution is -2.43. The Balaban J connectivity index is 1.33. The molecule has 4 rings (SSSR count). The molecule has 10 heteroatoms. The molecule has 0 amide bonds. The number of aliphatic hydroxyl groups excluding tert-OH is 1. The third-order valence-corrected chi connectivity index (χ3v) is 7.60. The lowest BCUT2D eigenvalue weighted by molar-refractivity contribution is 0.0315. The van der Waals surface area contributed by atoms with E-state index in [1.165, 1.54) is 6.20 Å². The van der Waals surface area contributed by atoms with Crippen molar-refractivity contribution in [1.29, 1.82) is 0 Å². The van der Waals surface area contributed by atoms with E-state index in [9.17, 15) is 18.3 Å². The van der Waals surface area contributed by atoms with Gasteiger partial charge in [-0.25, -0.2) is 17.6 Å². The van der Waals surface area contributed by atoms with Crippen LogP contribution < -0.4 is 10.1 Å². The molecule has 1 aliphatic heterocycles. The van der Waals surface area contributed by atoms with E-state index in [1.54, 1.807) is 25.3 Å². The van der Waals surface area contributed by atoms with Crippen LogP contribution >= 0.6 is 11.6 Å². The number of hydrogen-bond acceptors (Lipinski definition) is 5. The van der Waals surface area contributed by atoms with Crippen LogP contribution in [0.3, 0.4) is 0 Å².